The van der Waals surface area contributed by atoms with Crippen LogP contribution in [-0.2, 0) is 4.79 Å². The van der Waals surface area contributed by atoms with Crippen molar-refractivity contribution in [2.75, 3.05) is 11.9 Å². The monoisotopic (exact) mass is 477 g/mol. The summed E-state index contributed by atoms with van der Waals surface area (Å²) in [6.07, 6.45) is -1.14. The van der Waals surface area contributed by atoms with E-state index >= 15 is 0 Å². The van der Waals surface area contributed by atoms with Crippen molar-refractivity contribution in [2.24, 2.45) is 5.92 Å². The molecule has 3 N–H and O–H groups in total. The molecule has 2 fully saturated rings. The van der Waals surface area contributed by atoms with Gasteiger partial charge in [-0.05, 0) is 67.6 Å². The number of rotatable bonds is 6. The molecule has 6 nitrogen and oxygen atoms in total. The number of halogens is 3. The third-order valence-electron chi connectivity index (χ3n) is 5.56. The van der Waals surface area contributed by atoms with Gasteiger partial charge in [0.15, 0.2) is 0 Å². The third-order valence-corrected chi connectivity index (χ3v) is 6.37. The van der Waals surface area contributed by atoms with Crippen LogP contribution in [0, 0.1) is 5.92 Å². The van der Waals surface area contributed by atoms with Crippen LogP contribution in [0.5, 0.6) is 0 Å². The fourth-order valence-electron chi connectivity index (χ4n) is 3.48. The number of benzene rings is 2. The Labute approximate surface area is 191 Å². The summed E-state index contributed by atoms with van der Waals surface area (Å²) in [5.74, 6) is -1.37. The van der Waals surface area contributed by atoms with E-state index in [9.17, 15) is 18.0 Å². The molecule has 1 amide bonds. The predicted molar refractivity (Wildman–Crippen MR) is 120 cm³/mol. The lowest BCUT2D eigenvalue weighted by Crippen LogP contribution is -2.21. The highest BCUT2D eigenvalue weighted by atomic mass is 32.1. The number of nitrogens with zero attached hydrogens (tertiary/aromatic N) is 1. The first-order valence-electron chi connectivity index (χ1n) is 10.5. The lowest BCUT2D eigenvalue weighted by molar-refractivity contribution is -0.192. The van der Waals surface area contributed by atoms with Crippen molar-refractivity contribution >= 4 is 39.1 Å². The molecule has 2 aliphatic carbocycles. The van der Waals surface area contributed by atoms with Crippen molar-refractivity contribution in [3.05, 3.63) is 59.1 Å². The van der Waals surface area contributed by atoms with E-state index in [-0.39, 0.29) is 5.91 Å². The number of carboxylic acids is 1. The molecule has 1 heterocycles. The number of fused-ring (bicyclic) bond motifs is 1. The number of hydrogen-bond donors (Lipinski definition) is 3. The molecule has 2 aromatic carbocycles. The standard InChI is InChI=1S/C21H21N3OS.C2HF3O2/c25-21(24-16-6-7-20-19(9-16)23-12-26-20)15-3-1-2-14(8-15)17-10-18(17)22-11-13-4-5-13;3-2(4,5)1(6)7/h1-3,6-9,12-13,17-18,22H,4-5,10-11H2,(H,24,25);(H,6,7). The number of hydrogen-bond acceptors (Lipinski definition) is 5. The second-order valence-electron chi connectivity index (χ2n) is 8.22. The Bertz CT molecular complexity index is 1160. The normalized spacial score (nSPS) is 19.5. The maximum Gasteiger partial charge on any atom is 0.490 e. The number of thiazole rings is 1. The van der Waals surface area contributed by atoms with Crippen LogP contribution in [0.1, 0.15) is 41.1 Å². The van der Waals surface area contributed by atoms with E-state index in [0.29, 0.717) is 17.5 Å². The fourth-order valence-corrected chi connectivity index (χ4v) is 4.14. The minimum absolute atomic E-state index is 0.0652. The molecule has 0 bridgehead atoms. The van der Waals surface area contributed by atoms with Crippen LogP contribution in [0.2, 0.25) is 0 Å². The Morgan fingerprint density at radius 3 is 2.61 bits per heavy atom. The van der Waals surface area contributed by atoms with Crippen LogP contribution in [0.4, 0.5) is 18.9 Å². The summed E-state index contributed by atoms with van der Waals surface area (Å²) in [7, 11) is 0. The van der Waals surface area contributed by atoms with E-state index in [1.54, 1.807) is 11.3 Å². The average Bonchev–Trinajstić information content (AvgIpc) is 3.69. The van der Waals surface area contributed by atoms with E-state index in [1.807, 2.05) is 41.9 Å². The number of nitrogens with one attached hydrogen (secondary N) is 2. The maximum absolute atomic E-state index is 12.6. The van der Waals surface area contributed by atoms with Gasteiger partial charge in [-0.25, -0.2) is 9.78 Å². The first-order valence-corrected chi connectivity index (χ1v) is 11.4. The molecule has 2 saturated carbocycles. The summed E-state index contributed by atoms with van der Waals surface area (Å²) in [6.45, 7) is 1.15. The van der Waals surface area contributed by atoms with Gasteiger partial charge in [0.05, 0.1) is 15.7 Å². The first-order chi connectivity index (χ1) is 15.7. The van der Waals surface area contributed by atoms with Crippen LogP contribution in [0.25, 0.3) is 10.2 Å². The zero-order valence-corrected chi connectivity index (χ0v) is 18.2. The van der Waals surface area contributed by atoms with Crippen LogP contribution >= 0.6 is 11.3 Å². The minimum Gasteiger partial charge on any atom is -0.475 e. The smallest absolute Gasteiger partial charge is 0.475 e. The molecule has 2 aliphatic rings. The van der Waals surface area contributed by atoms with Gasteiger partial charge in [0, 0.05) is 23.2 Å². The summed E-state index contributed by atoms with van der Waals surface area (Å²) < 4.78 is 32.9. The van der Waals surface area contributed by atoms with Gasteiger partial charge in [-0.2, -0.15) is 13.2 Å². The summed E-state index contributed by atoms with van der Waals surface area (Å²) in [6, 6.07) is 14.5. The SMILES string of the molecule is O=C(Nc1ccc2scnc2c1)c1cccc(C2CC2NCC2CC2)c1.O=C(O)C(F)(F)F. The predicted octanol–water partition coefficient (Wildman–Crippen LogP) is 5.04. The Morgan fingerprint density at radius 1 is 1.15 bits per heavy atom. The average molecular weight is 478 g/mol. The molecule has 0 aliphatic heterocycles. The molecule has 0 saturated heterocycles. The van der Waals surface area contributed by atoms with Gasteiger partial charge in [-0.1, -0.05) is 12.1 Å². The molecule has 0 radical (unpaired) electrons. The quantitative estimate of drug-likeness (QED) is 0.463. The fraction of sp³-hybridized carbons (Fsp3) is 0.348. The van der Waals surface area contributed by atoms with Crippen LogP contribution in [0.3, 0.4) is 0 Å². The molecular weight excluding hydrogens is 455 g/mol. The van der Waals surface area contributed by atoms with Crippen molar-refractivity contribution in [1.82, 2.24) is 10.3 Å². The van der Waals surface area contributed by atoms with E-state index in [1.165, 1.54) is 24.8 Å². The zero-order valence-electron chi connectivity index (χ0n) is 17.4. The molecule has 2 atom stereocenters. The number of alkyl halides is 3. The maximum atomic E-state index is 12.6. The van der Waals surface area contributed by atoms with E-state index < -0.39 is 12.1 Å². The lowest BCUT2D eigenvalue weighted by atomic mass is 10.1. The molecule has 33 heavy (non-hydrogen) atoms. The van der Waals surface area contributed by atoms with Gasteiger partial charge < -0.3 is 15.7 Å². The van der Waals surface area contributed by atoms with Gasteiger partial charge in [-0.15, -0.1) is 11.3 Å². The second-order valence-corrected chi connectivity index (χ2v) is 9.10. The molecule has 174 valence electrons. The molecular formula is C23H22F3N3O3S. The van der Waals surface area contributed by atoms with Gasteiger partial charge in [0.25, 0.3) is 5.91 Å². The number of anilines is 1. The second kappa shape index (κ2) is 9.48. The number of carbonyl (C=O) groups is 2. The van der Waals surface area contributed by atoms with Crippen molar-refractivity contribution in [3.63, 3.8) is 0 Å². The Balaban J connectivity index is 0.000000325. The van der Waals surface area contributed by atoms with Crippen molar-refractivity contribution in [3.8, 4) is 0 Å². The topological polar surface area (TPSA) is 91.3 Å². The van der Waals surface area contributed by atoms with Gasteiger partial charge in [0.2, 0.25) is 0 Å². The van der Waals surface area contributed by atoms with E-state index in [4.69, 9.17) is 9.90 Å². The number of aliphatic carboxylic acids is 1. The van der Waals surface area contributed by atoms with E-state index in [2.05, 4.69) is 21.7 Å². The molecule has 2 unspecified atom stereocenters. The van der Waals surface area contributed by atoms with E-state index in [0.717, 1.165) is 28.4 Å². The van der Waals surface area contributed by atoms with Crippen LogP contribution in [-0.4, -0.2) is 40.7 Å². The number of carbonyl (C=O) groups excluding carboxylic acids is 1. The number of amides is 1. The Kier molecular flexibility index (Phi) is 6.66. The number of aromatic nitrogens is 1. The zero-order chi connectivity index (χ0) is 23.6. The largest absolute Gasteiger partial charge is 0.490 e. The third kappa shape index (κ3) is 6.29. The first kappa shape index (κ1) is 23.2. The van der Waals surface area contributed by atoms with Crippen LogP contribution < -0.4 is 10.6 Å². The van der Waals surface area contributed by atoms with Crippen molar-refractivity contribution in [2.45, 2.75) is 37.4 Å². The molecule has 3 aromatic rings. The summed E-state index contributed by atoms with van der Waals surface area (Å²) >= 11 is 1.60. The summed E-state index contributed by atoms with van der Waals surface area (Å²) in [5, 5.41) is 13.8. The molecule has 1 aromatic heterocycles. The Hall–Kier alpha value is -2.98. The van der Waals surface area contributed by atoms with Gasteiger partial charge in [-0.3, -0.25) is 4.79 Å². The van der Waals surface area contributed by atoms with Crippen molar-refractivity contribution in [1.29, 1.82) is 0 Å². The van der Waals surface area contributed by atoms with Gasteiger partial charge >= 0.3 is 12.1 Å². The summed E-state index contributed by atoms with van der Waals surface area (Å²) in [4.78, 5) is 25.8. The van der Waals surface area contributed by atoms with Gasteiger partial charge in [0.1, 0.15) is 0 Å². The van der Waals surface area contributed by atoms with Crippen molar-refractivity contribution < 1.29 is 27.9 Å². The molecule has 5 rings (SSSR count). The summed E-state index contributed by atoms with van der Waals surface area (Å²) in [5.41, 5.74) is 5.51. The lowest BCUT2D eigenvalue weighted by Gasteiger charge is -2.08. The molecule has 0 spiro atoms. The highest BCUT2D eigenvalue weighted by molar-refractivity contribution is 7.16. The minimum atomic E-state index is -5.08. The number of carboxylic acid groups (broad SMARTS) is 1. The molecule has 10 heteroatoms. The van der Waals surface area contributed by atoms with Crippen LogP contribution in [0.15, 0.2) is 48.0 Å². The Morgan fingerprint density at radius 2 is 1.91 bits per heavy atom. The highest BCUT2D eigenvalue weighted by Gasteiger charge is 2.39. The highest BCUT2D eigenvalue weighted by Crippen LogP contribution is 2.42.